The van der Waals surface area contributed by atoms with Crippen LogP contribution < -0.4 is 10.6 Å². The van der Waals surface area contributed by atoms with Gasteiger partial charge in [-0.1, -0.05) is 13.0 Å². The van der Waals surface area contributed by atoms with E-state index in [4.69, 9.17) is 15.7 Å². The third kappa shape index (κ3) is 5.33. The van der Waals surface area contributed by atoms with E-state index in [1.807, 2.05) is 18.5 Å². The molecule has 3 aromatic heterocycles. The zero-order chi connectivity index (χ0) is 26.9. The smallest absolute Gasteiger partial charge is 0.214 e. The molecule has 4 heterocycles. The Kier molecular flexibility index (Phi) is 7.80. The first kappa shape index (κ1) is 26.7. The number of rotatable bonds is 9. The van der Waals surface area contributed by atoms with Gasteiger partial charge in [0.15, 0.2) is 5.13 Å². The molecule has 0 aliphatic carbocycles. The highest BCUT2D eigenvalue weighted by Crippen LogP contribution is 2.35. The fourth-order valence-corrected chi connectivity index (χ4v) is 7.41. The number of pyridine rings is 1. The Bertz CT molecular complexity index is 1510. The number of benzene rings is 1. The highest BCUT2D eigenvalue weighted by molar-refractivity contribution is 7.89. The van der Waals surface area contributed by atoms with Crippen molar-refractivity contribution in [3.63, 3.8) is 0 Å². The quantitative estimate of drug-likeness (QED) is 0.319. The zero-order valence-electron chi connectivity index (χ0n) is 21.7. The highest BCUT2D eigenvalue weighted by atomic mass is 32.2. The van der Waals surface area contributed by atoms with Crippen LogP contribution in [0.5, 0.6) is 0 Å². The van der Waals surface area contributed by atoms with E-state index in [9.17, 15) is 12.8 Å². The Hall–Kier alpha value is -2.86. The van der Waals surface area contributed by atoms with E-state index in [1.54, 1.807) is 16.4 Å². The molecule has 0 radical (unpaired) electrons. The van der Waals surface area contributed by atoms with E-state index in [0.717, 1.165) is 52.8 Å². The number of hydrogen-bond acceptors (Lipinski definition) is 7. The van der Waals surface area contributed by atoms with Crippen molar-refractivity contribution in [1.29, 1.82) is 0 Å². The van der Waals surface area contributed by atoms with Crippen molar-refractivity contribution in [2.24, 2.45) is 5.73 Å². The van der Waals surface area contributed by atoms with Crippen LogP contribution in [0.2, 0.25) is 0 Å². The SMILES string of the molecule is CCc1nc2ccc(C3CCN(S(=O)(=O)CCCN)CC3)cn2c1N(C)c1nc(-c2ccc(F)cc2)cs1. The van der Waals surface area contributed by atoms with Gasteiger partial charge in [-0.3, -0.25) is 4.40 Å². The lowest BCUT2D eigenvalue weighted by Gasteiger charge is -2.31. The number of hydrogen-bond donors (Lipinski definition) is 1. The van der Waals surface area contributed by atoms with Gasteiger partial charge in [-0.05, 0) is 74.0 Å². The summed E-state index contributed by atoms with van der Waals surface area (Å²) >= 11 is 1.53. The average molecular weight is 557 g/mol. The summed E-state index contributed by atoms with van der Waals surface area (Å²) in [5.74, 6) is 1.08. The Balaban J connectivity index is 1.40. The minimum absolute atomic E-state index is 0.115. The highest BCUT2D eigenvalue weighted by Gasteiger charge is 2.29. The maximum Gasteiger partial charge on any atom is 0.214 e. The molecular weight excluding hydrogens is 523 g/mol. The normalized spacial score (nSPS) is 15.4. The van der Waals surface area contributed by atoms with Crippen LogP contribution in [0.15, 0.2) is 48.0 Å². The van der Waals surface area contributed by atoms with Crippen LogP contribution in [-0.4, -0.2) is 59.5 Å². The number of aromatic nitrogens is 3. The van der Waals surface area contributed by atoms with E-state index < -0.39 is 10.0 Å². The Labute approximate surface area is 227 Å². The molecule has 11 heteroatoms. The van der Waals surface area contributed by atoms with Gasteiger partial charge in [0.25, 0.3) is 0 Å². The first-order chi connectivity index (χ1) is 18.3. The summed E-state index contributed by atoms with van der Waals surface area (Å²) in [6, 6.07) is 10.5. The summed E-state index contributed by atoms with van der Waals surface area (Å²) in [5, 5.41) is 2.80. The molecule has 1 aliphatic rings. The van der Waals surface area contributed by atoms with E-state index >= 15 is 0 Å². The van der Waals surface area contributed by atoms with Crippen LogP contribution in [0.1, 0.15) is 43.4 Å². The average Bonchev–Trinajstić information content (AvgIpc) is 3.57. The fraction of sp³-hybridized carbons (Fsp3) is 0.407. The molecule has 2 N–H and O–H groups in total. The molecule has 0 amide bonds. The van der Waals surface area contributed by atoms with Crippen LogP contribution >= 0.6 is 11.3 Å². The second-order valence-electron chi connectivity index (χ2n) is 9.64. The Morgan fingerprint density at radius 3 is 2.55 bits per heavy atom. The molecule has 4 aromatic rings. The number of thiazole rings is 1. The summed E-state index contributed by atoms with van der Waals surface area (Å²) in [6.45, 7) is 3.52. The van der Waals surface area contributed by atoms with Gasteiger partial charge in [-0.2, -0.15) is 0 Å². The van der Waals surface area contributed by atoms with Gasteiger partial charge < -0.3 is 10.6 Å². The van der Waals surface area contributed by atoms with E-state index in [-0.39, 0.29) is 17.5 Å². The van der Waals surface area contributed by atoms with Gasteiger partial charge in [-0.15, -0.1) is 11.3 Å². The van der Waals surface area contributed by atoms with Crippen molar-refractivity contribution in [3.05, 3.63) is 65.0 Å². The number of aryl methyl sites for hydroxylation is 1. The predicted molar refractivity (Wildman–Crippen MR) is 151 cm³/mol. The summed E-state index contributed by atoms with van der Waals surface area (Å²) in [4.78, 5) is 11.8. The predicted octanol–water partition coefficient (Wildman–Crippen LogP) is 4.79. The summed E-state index contributed by atoms with van der Waals surface area (Å²) in [6.07, 6.45) is 4.96. The number of nitrogens with two attached hydrogens (primary N) is 1. The van der Waals surface area contributed by atoms with Gasteiger partial charge in [0.05, 0.1) is 17.1 Å². The fourth-order valence-electron chi connectivity index (χ4n) is 5.06. The largest absolute Gasteiger partial charge is 0.330 e. The minimum atomic E-state index is -3.25. The minimum Gasteiger partial charge on any atom is -0.330 e. The van der Waals surface area contributed by atoms with Crippen LogP contribution in [0.3, 0.4) is 0 Å². The second-order valence-corrected chi connectivity index (χ2v) is 12.6. The van der Waals surface area contributed by atoms with Crippen LogP contribution in [-0.2, 0) is 16.4 Å². The second kappa shape index (κ2) is 11.1. The molecule has 1 fully saturated rings. The van der Waals surface area contributed by atoms with Gasteiger partial charge >= 0.3 is 0 Å². The van der Waals surface area contributed by atoms with Crippen molar-refractivity contribution < 1.29 is 12.8 Å². The molecule has 8 nitrogen and oxygen atoms in total. The maximum atomic E-state index is 13.4. The number of imidazole rings is 1. The number of sulfonamides is 1. The molecule has 38 heavy (non-hydrogen) atoms. The lowest BCUT2D eigenvalue weighted by Crippen LogP contribution is -2.39. The van der Waals surface area contributed by atoms with E-state index in [2.05, 4.69) is 28.5 Å². The number of piperidine rings is 1. The third-order valence-electron chi connectivity index (χ3n) is 7.18. The zero-order valence-corrected chi connectivity index (χ0v) is 23.3. The van der Waals surface area contributed by atoms with Gasteiger partial charge in [0, 0.05) is 37.3 Å². The molecule has 1 saturated heterocycles. The number of fused-ring (bicyclic) bond motifs is 1. The number of anilines is 2. The Morgan fingerprint density at radius 1 is 1.13 bits per heavy atom. The Morgan fingerprint density at radius 2 is 1.87 bits per heavy atom. The van der Waals surface area contributed by atoms with Crippen LogP contribution in [0, 0.1) is 5.82 Å². The molecule has 0 bridgehead atoms. The van der Waals surface area contributed by atoms with Crippen molar-refractivity contribution >= 4 is 38.0 Å². The first-order valence-electron chi connectivity index (χ1n) is 12.9. The summed E-state index contributed by atoms with van der Waals surface area (Å²) in [7, 11) is -1.25. The maximum absolute atomic E-state index is 13.4. The van der Waals surface area contributed by atoms with Gasteiger partial charge in [-0.25, -0.2) is 27.1 Å². The van der Waals surface area contributed by atoms with Crippen LogP contribution in [0.25, 0.3) is 16.9 Å². The lowest BCUT2D eigenvalue weighted by atomic mass is 9.91. The van der Waals surface area contributed by atoms with Crippen molar-refractivity contribution in [2.45, 2.75) is 38.5 Å². The van der Waals surface area contributed by atoms with E-state index in [1.165, 1.54) is 29.0 Å². The van der Waals surface area contributed by atoms with Crippen molar-refractivity contribution in [1.82, 2.24) is 18.7 Å². The summed E-state index contributed by atoms with van der Waals surface area (Å²) < 4.78 is 42.3. The van der Waals surface area contributed by atoms with E-state index in [0.29, 0.717) is 26.1 Å². The van der Waals surface area contributed by atoms with Gasteiger partial charge in [0.2, 0.25) is 10.0 Å². The van der Waals surface area contributed by atoms with Gasteiger partial charge in [0.1, 0.15) is 17.3 Å². The molecule has 202 valence electrons. The molecule has 1 aliphatic heterocycles. The molecule has 1 aromatic carbocycles. The molecule has 0 atom stereocenters. The topological polar surface area (TPSA) is 96.8 Å². The number of nitrogens with zero attached hydrogens (tertiary/aromatic N) is 5. The molecule has 0 saturated carbocycles. The summed E-state index contributed by atoms with van der Waals surface area (Å²) in [5.41, 5.74) is 10.2. The first-order valence-corrected chi connectivity index (χ1v) is 15.4. The van der Waals surface area contributed by atoms with Crippen molar-refractivity contribution in [2.75, 3.05) is 37.3 Å². The monoisotopic (exact) mass is 556 g/mol. The lowest BCUT2D eigenvalue weighted by molar-refractivity contribution is 0.319. The third-order valence-corrected chi connectivity index (χ3v) is 10.1. The molecule has 0 spiro atoms. The van der Waals surface area contributed by atoms with Crippen molar-refractivity contribution in [3.8, 4) is 11.3 Å². The molecule has 5 rings (SSSR count). The molecular formula is C27H33FN6O2S2. The molecule has 0 unspecified atom stereocenters. The van der Waals surface area contributed by atoms with Crippen LogP contribution in [0.4, 0.5) is 15.3 Å². The number of halogens is 1. The standard InChI is InChI=1S/C27H33FN6O2S2/c1-3-23-26(32(2)27-31-24(18-37-27)20-5-8-22(28)9-6-20)34-17-21(7-10-25(34)30-23)19-11-14-33(15-12-19)38(35,36)16-4-13-29/h5-10,17-19H,3-4,11-16,29H2,1-2H3.